The van der Waals surface area contributed by atoms with Crippen molar-refractivity contribution in [2.24, 2.45) is 0 Å². The van der Waals surface area contributed by atoms with Gasteiger partial charge in [0.25, 0.3) is 11.6 Å². The van der Waals surface area contributed by atoms with E-state index in [4.69, 9.17) is 0 Å². The zero-order valence-corrected chi connectivity index (χ0v) is 13.9. The second-order valence-electron chi connectivity index (χ2n) is 5.89. The van der Waals surface area contributed by atoms with Crippen molar-refractivity contribution in [2.75, 3.05) is 39.3 Å². The van der Waals surface area contributed by atoms with Gasteiger partial charge in [-0.3, -0.25) is 19.8 Å². The monoisotopic (exact) mass is 358 g/mol. The molecule has 0 aromatic heterocycles. The van der Waals surface area contributed by atoms with Crippen molar-refractivity contribution in [3.63, 3.8) is 0 Å². The minimum atomic E-state index is -0.716. The predicted octanol–water partition coefficient (Wildman–Crippen LogP) is 1.28. The van der Waals surface area contributed by atoms with E-state index in [1.807, 2.05) is 0 Å². The number of rotatable bonds is 3. The normalized spacial score (nSPS) is 21.4. The fourth-order valence-electron chi connectivity index (χ4n) is 3.25. The van der Waals surface area contributed by atoms with Crippen LogP contribution in [0.1, 0.15) is 16.8 Å². The molecular formula is C15H20ClFN4O3. The average molecular weight is 359 g/mol. The second-order valence-corrected chi connectivity index (χ2v) is 5.89. The van der Waals surface area contributed by atoms with Gasteiger partial charge in [-0.05, 0) is 25.1 Å². The largest absolute Gasteiger partial charge is 0.336 e. The molecule has 1 aromatic rings. The first-order chi connectivity index (χ1) is 11.1. The standard InChI is InChI=1S/C15H19FN4O3.ClH/c16-11-1-2-13(14(9-11)20(22)23)15(21)19-7-5-18(6-8-19)12-3-4-17-10-12;/h1-2,9,12,17H,3-8,10H2;1H. The summed E-state index contributed by atoms with van der Waals surface area (Å²) in [4.78, 5) is 26.8. The van der Waals surface area contributed by atoms with E-state index in [2.05, 4.69) is 10.2 Å². The van der Waals surface area contributed by atoms with Crippen molar-refractivity contribution in [1.29, 1.82) is 0 Å². The van der Waals surface area contributed by atoms with Crippen LogP contribution in [0.25, 0.3) is 0 Å². The number of halogens is 2. The SMILES string of the molecule is Cl.O=C(c1ccc(F)cc1[N+](=O)[O-])N1CCN(C2CCNC2)CC1. The lowest BCUT2D eigenvalue weighted by Gasteiger charge is -2.37. The van der Waals surface area contributed by atoms with Crippen molar-refractivity contribution in [2.45, 2.75) is 12.5 Å². The third kappa shape index (κ3) is 3.82. The molecule has 7 nitrogen and oxygen atoms in total. The summed E-state index contributed by atoms with van der Waals surface area (Å²) < 4.78 is 13.2. The molecule has 2 saturated heterocycles. The molecule has 1 aromatic carbocycles. The molecule has 132 valence electrons. The minimum Gasteiger partial charge on any atom is -0.336 e. The van der Waals surface area contributed by atoms with Gasteiger partial charge in [-0.15, -0.1) is 12.4 Å². The van der Waals surface area contributed by atoms with E-state index in [-0.39, 0.29) is 18.0 Å². The van der Waals surface area contributed by atoms with Crippen LogP contribution in [0.2, 0.25) is 0 Å². The number of carbonyl (C=O) groups excluding carboxylic acids is 1. The summed E-state index contributed by atoms with van der Waals surface area (Å²) in [6, 6.07) is 3.59. The number of benzene rings is 1. The van der Waals surface area contributed by atoms with Crippen molar-refractivity contribution in [3.8, 4) is 0 Å². The summed E-state index contributed by atoms with van der Waals surface area (Å²) in [5.41, 5.74) is -0.523. The topological polar surface area (TPSA) is 78.7 Å². The average Bonchev–Trinajstić information content (AvgIpc) is 3.09. The molecule has 0 saturated carbocycles. The molecule has 0 bridgehead atoms. The molecule has 2 fully saturated rings. The number of amides is 1. The fourth-order valence-corrected chi connectivity index (χ4v) is 3.25. The Labute approximate surface area is 145 Å². The molecule has 24 heavy (non-hydrogen) atoms. The predicted molar refractivity (Wildman–Crippen MR) is 89.1 cm³/mol. The fraction of sp³-hybridized carbons (Fsp3) is 0.533. The summed E-state index contributed by atoms with van der Waals surface area (Å²) in [5, 5.41) is 14.4. The summed E-state index contributed by atoms with van der Waals surface area (Å²) in [7, 11) is 0. The first-order valence-corrected chi connectivity index (χ1v) is 7.74. The van der Waals surface area contributed by atoms with Crippen molar-refractivity contribution in [3.05, 3.63) is 39.7 Å². The molecule has 9 heteroatoms. The van der Waals surface area contributed by atoms with Gasteiger partial charge in [-0.1, -0.05) is 0 Å². The minimum absolute atomic E-state index is 0. The maximum Gasteiger partial charge on any atom is 0.285 e. The Kier molecular flexibility index (Phi) is 6.09. The van der Waals surface area contributed by atoms with Crippen LogP contribution in [0, 0.1) is 15.9 Å². The maximum atomic E-state index is 13.2. The lowest BCUT2D eigenvalue weighted by atomic mass is 10.1. The van der Waals surface area contributed by atoms with E-state index in [1.165, 1.54) is 6.07 Å². The molecular weight excluding hydrogens is 339 g/mol. The number of hydrogen-bond acceptors (Lipinski definition) is 5. The Hall–Kier alpha value is -1.77. The van der Waals surface area contributed by atoms with Crippen LogP contribution in [-0.4, -0.2) is 65.9 Å². The van der Waals surface area contributed by atoms with E-state index in [0.717, 1.165) is 44.7 Å². The Bertz CT molecular complexity index is 617. The van der Waals surface area contributed by atoms with E-state index in [0.29, 0.717) is 19.1 Å². The number of nitro benzene ring substituents is 1. The molecule has 1 atom stereocenters. The third-order valence-corrected chi connectivity index (χ3v) is 4.54. The Morgan fingerprint density at radius 1 is 1.29 bits per heavy atom. The lowest BCUT2D eigenvalue weighted by molar-refractivity contribution is -0.385. The van der Waals surface area contributed by atoms with Crippen LogP contribution in [0.15, 0.2) is 18.2 Å². The number of hydrogen-bond donors (Lipinski definition) is 1. The number of nitrogens with zero attached hydrogens (tertiary/aromatic N) is 3. The van der Waals surface area contributed by atoms with Gasteiger partial charge in [-0.25, -0.2) is 4.39 Å². The Balaban J connectivity index is 0.00000208. The molecule has 1 amide bonds. The summed E-state index contributed by atoms with van der Waals surface area (Å²) in [5.74, 6) is -1.12. The highest BCUT2D eigenvalue weighted by Crippen LogP contribution is 2.22. The van der Waals surface area contributed by atoms with Crippen LogP contribution in [0.4, 0.5) is 10.1 Å². The quantitative estimate of drug-likeness (QED) is 0.650. The second kappa shape index (κ2) is 7.87. The highest BCUT2D eigenvalue weighted by Gasteiger charge is 2.30. The first-order valence-electron chi connectivity index (χ1n) is 7.74. The van der Waals surface area contributed by atoms with Crippen LogP contribution >= 0.6 is 12.4 Å². The van der Waals surface area contributed by atoms with Gasteiger partial charge in [0.15, 0.2) is 0 Å². The number of nitro groups is 1. The smallest absolute Gasteiger partial charge is 0.285 e. The molecule has 2 aliphatic heterocycles. The maximum absolute atomic E-state index is 13.2. The molecule has 1 N–H and O–H groups in total. The Morgan fingerprint density at radius 3 is 2.58 bits per heavy atom. The van der Waals surface area contributed by atoms with Gasteiger partial charge in [0.1, 0.15) is 11.4 Å². The van der Waals surface area contributed by atoms with Crippen LogP contribution in [0.3, 0.4) is 0 Å². The van der Waals surface area contributed by atoms with E-state index in [9.17, 15) is 19.3 Å². The van der Waals surface area contributed by atoms with Gasteiger partial charge < -0.3 is 10.2 Å². The van der Waals surface area contributed by atoms with Gasteiger partial charge in [0.05, 0.1) is 11.0 Å². The van der Waals surface area contributed by atoms with Crippen molar-refractivity contribution in [1.82, 2.24) is 15.1 Å². The van der Waals surface area contributed by atoms with E-state index < -0.39 is 22.3 Å². The van der Waals surface area contributed by atoms with E-state index >= 15 is 0 Å². The molecule has 0 spiro atoms. The molecule has 0 aliphatic carbocycles. The highest BCUT2D eigenvalue weighted by molar-refractivity contribution is 5.98. The highest BCUT2D eigenvalue weighted by atomic mass is 35.5. The van der Waals surface area contributed by atoms with E-state index in [1.54, 1.807) is 4.90 Å². The number of nitrogens with one attached hydrogen (secondary N) is 1. The third-order valence-electron chi connectivity index (χ3n) is 4.54. The molecule has 3 rings (SSSR count). The van der Waals surface area contributed by atoms with Gasteiger partial charge in [0, 0.05) is 38.8 Å². The summed E-state index contributed by atoms with van der Waals surface area (Å²) in [6.07, 6.45) is 1.11. The zero-order valence-electron chi connectivity index (χ0n) is 13.1. The summed E-state index contributed by atoms with van der Waals surface area (Å²) in [6.45, 7) is 4.57. The molecule has 0 radical (unpaired) electrons. The van der Waals surface area contributed by atoms with Gasteiger partial charge in [-0.2, -0.15) is 0 Å². The summed E-state index contributed by atoms with van der Waals surface area (Å²) >= 11 is 0. The van der Waals surface area contributed by atoms with Gasteiger partial charge in [0.2, 0.25) is 0 Å². The molecule has 1 unspecified atom stereocenters. The first kappa shape index (κ1) is 18.6. The molecule has 2 heterocycles. The zero-order chi connectivity index (χ0) is 16.4. The number of carbonyl (C=O) groups is 1. The lowest BCUT2D eigenvalue weighted by Crippen LogP contribution is -2.52. The van der Waals surface area contributed by atoms with Crippen LogP contribution in [-0.2, 0) is 0 Å². The van der Waals surface area contributed by atoms with Crippen molar-refractivity contribution >= 4 is 24.0 Å². The van der Waals surface area contributed by atoms with Crippen molar-refractivity contribution < 1.29 is 14.1 Å². The number of piperazine rings is 1. The van der Waals surface area contributed by atoms with Gasteiger partial charge >= 0.3 is 0 Å². The van der Waals surface area contributed by atoms with Crippen LogP contribution < -0.4 is 5.32 Å². The molecule has 2 aliphatic rings. The Morgan fingerprint density at radius 2 is 2.00 bits per heavy atom. The van der Waals surface area contributed by atoms with Crippen LogP contribution in [0.5, 0.6) is 0 Å².